The van der Waals surface area contributed by atoms with Crippen LogP contribution in [-0.2, 0) is 22.6 Å². The maximum absolute atomic E-state index is 12.1. The molecule has 3 aromatic heterocycles. The van der Waals surface area contributed by atoms with E-state index in [4.69, 9.17) is 20.8 Å². The molecule has 140 valence electrons. The molecule has 0 aliphatic rings. The first-order valence-corrected chi connectivity index (χ1v) is 9.52. The van der Waals surface area contributed by atoms with Crippen molar-refractivity contribution in [1.29, 1.82) is 0 Å². The lowest BCUT2D eigenvalue weighted by atomic mass is 10.2. The fraction of sp³-hybridized carbons (Fsp3) is 0.105. The predicted octanol–water partition coefficient (Wildman–Crippen LogP) is 4.19. The molecule has 28 heavy (non-hydrogen) atoms. The zero-order valence-corrected chi connectivity index (χ0v) is 16.0. The lowest BCUT2D eigenvalue weighted by Gasteiger charge is -2.00. The quantitative estimate of drug-likeness (QED) is 0.438. The van der Waals surface area contributed by atoms with Crippen LogP contribution in [0.2, 0.25) is 5.02 Å². The first kappa shape index (κ1) is 18.3. The van der Waals surface area contributed by atoms with Crippen molar-refractivity contribution in [3.63, 3.8) is 0 Å². The molecule has 0 fully saturated rings. The van der Waals surface area contributed by atoms with Gasteiger partial charge in [0, 0.05) is 33.9 Å². The number of carbonyl (C=O) groups excluding carboxylic acids is 1. The Kier molecular flexibility index (Phi) is 5.41. The molecule has 0 amide bonds. The van der Waals surface area contributed by atoms with Crippen LogP contribution in [0.15, 0.2) is 58.6 Å². The summed E-state index contributed by atoms with van der Waals surface area (Å²) in [6.07, 6.45) is 3.50. The van der Waals surface area contributed by atoms with Gasteiger partial charge < -0.3 is 9.15 Å². The van der Waals surface area contributed by atoms with Gasteiger partial charge in [0.05, 0.1) is 12.1 Å². The first-order chi connectivity index (χ1) is 13.7. The van der Waals surface area contributed by atoms with Crippen molar-refractivity contribution in [3.05, 3.63) is 70.8 Å². The van der Waals surface area contributed by atoms with Gasteiger partial charge in [0.15, 0.2) is 6.61 Å². The van der Waals surface area contributed by atoms with Gasteiger partial charge >= 0.3 is 5.97 Å². The molecule has 0 saturated carbocycles. The molecule has 3 heterocycles. The number of pyridine rings is 1. The van der Waals surface area contributed by atoms with Crippen LogP contribution in [0.3, 0.4) is 0 Å². The van der Waals surface area contributed by atoms with Gasteiger partial charge in [-0.05, 0) is 36.4 Å². The normalized spacial score (nSPS) is 10.8. The first-order valence-electron chi connectivity index (χ1n) is 8.26. The van der Waals surface area contributed by atoms with Crippen LogP contribution < -0.4 is 0 Å². The van der Waals surface area contributed by atoms with E-state index in [0.29, 0.717) is 16.6 Å². The molecule has 9 heteroatoms. The molecule has 4 aromatic rings. The third-order valence-electron chi connectivity index (χ3n) is 3.70. The van der Waals surface area contributed by atoms with E-state index in [-0.39, 0.29) is 18.9 Å². The Morgan fingerprint density at radius 2 is 2.00 bits per heavy atom. The Morgan fingerprint density at radius 3 is 2.79 bits per heavy atom. The highest BCUT2D eigenvalue weighted by Gasteiger charge is 2.13. The number of hydrogen-bond acceptors (Lipinski definition) is 8. The molecule has 0 aliphatic carbocycles. The van der Waals surface area contributed by atoms with E-state index >= 15 is 0 Å². The van der Waals surface area contributed by atoms with Crippen molar-refractivity contribution < 1.29 is 13.9 Å². The molecule has 0 aliphatic heterocycles. The number of carbonyl (C=O) groups is 1. The third kappa shape index (κ3) is 4.41. The second-order valence-corrected chi connectivity index (χ2v) is 7.03. The van der Waals surface area contributed by atoms with Gasteiger partial charge in [0.1, 0.15) is 5.01 Å². The number of benzene rings is 1. The number of nitrogens with zero attached hydrogens (tertiary/aromatic N) is 4. The summed E-state index contributed by atoms with van der Waals surface area (Å²) in [5.41, 5.74) is 2.29. The molecule has 0 spiro atoms. The van der Waals surface area contributed by atoms with E-state index in [1.807, 2.05) is 17.5 Å². The summed E-state index contributed by atoms with van der Waals surface area (Å²) < 4.78 is 10.7. The Morgan fingerprint density at radius 1 is 1.14 bits per heavy atom. The molecular weight excluding hydrogens is 400 g/mol. The smallest absolute Gasteiger partial charge is 0.312 e. The van der Waals surface area contributed by atoms with Gasteiger partial charge in [0.2, 0.25) is 5.89 Å². The Hall–Kier alpha value is -3.10. The monoisotopic (exact) mass is 412 g/mol. The summed E-state index contributed by atoms with van der Waals surface area (Å²) in [6, 6.07) is 10.8. The van der Waals surface area contributed by atoms with Crippen molar-refractivity contribution in [2.75, 3.05) is 0 Å². The third-order valence-corrected chi connectivity index (χ3v) is 4.89. The Balaban J connectivity index is 1.33. The molecule has 7 nitrogen and oxygen atoms in total. The van der Waals surface area contributed by atoms with Gasteiger partial charge in [0.25, 0.3) is 5.89 Å². The van der Waals surface area contributed by atoms with Gasteiger partial charge in [-0.15, -0.1) is 21.5 Å². The largest absolute Gasteiger partial charge is 0.455 e. The number of thiazole rings is 1. The van der Waals surface area contributed by atoms with Crippen LogP contribution in [0.5, 0.6) is 0 Å². The molecule has 1 aromatic carbocycles. The SMILES string of the molecule is O=C(Cc1csc(-c2cccnc2)n1)OCc1nnc(-c2ccc(Cl)cc2)o1. The van der Waals surface area contributed by atoms with E-state index in [9.17, 15) is 4.79 Å². The summed E-state index contributed by atoms with van der Waals surface area (Å²) in [5, 5.41) is 11.1. The number of esters is 1. The number of aromatic nitrogens is 4. The number of rotatable bonds is 6. The highest BCUT2D eigenvalue weighted by Crippen LogP contribution is 2.23. The van der Waals surface area contributed by atoms with Gasteiger partial charge in [-0.1, -0.05) is 11.6 Å². The number of halogens is 1. The number of hydrogen-bond donors (Lipinski definition) is 0. The van der Waals surface area contributed by atoms with Gasteiger partial charge in [-0.3, -0.25) is 9.78 Å². The molecule has 0 unspecified atom stereocenters. The highest BCUT2D eigenvalue weighted by molar-refractivity contribution is 7.13. The summed E-state index contributed by atoms with van der Waals surface area (Å²) in [4.78, 5) is 20.6. The van der Waals surface area contributed by atoms with Crippen LogP contribution in [0, 0.1) is 0 Å². The van der Waals surface area contributed by atoms with E-state index in [2.05, 4.69) is 20.2 Å². The average Bonchev–Trinajstić information content (AvgIpc) is 3.37. The minimum absolute atomic E-state index is 0.0644. The molecule has 0 atom stereocenters. The van der Waals surface area contributed by atoms with E-state index in [1.54, 1.807) is 36.7 Å². The molecule has 0 bridgehead atoms. The van der Waals surface area contributed by atoms with E-state index in [0.717, 1.165) is 16.1 Å². The van der Waals surface area contributed by atoms with Crippen LogP contribution in [0.25, 0.3) is 22.0 Å². The second-order valence-electron chi connectivity index (χ2n) is 5.73. The molecule has 0 N–H and O–H groups in total. The van der Waals surface area contributed by atoms with Crippen molar-refractivity contribution in [3.8, 4) is 22.0 Å². The maximum atomic E-state index is 12.1. The molecule has 4 rings (SSSR count). The van der Waals surface area contributed by atoms with Crippen LogP contribution in [0.1, 0.15) is 11.6 Å². The Labute approximate surface area is 169 Å². The lowest BCUT2D eigenvalue weighted by Crippen LogP contribution is -2.08. The Bertz CT molecular complexity index is 1080. The van der Waals surface area contributed by atoms with Crippen molar-refractivity contribution >= 4 is 28.9 Å². The van der Waals surface area contributed by atoms with Gasteiger partial charge in [-0.2, -0.15) is 0 Å². The van der Waals surface area contributed by atoms with Crippen LogP contribution in [-0.4, -0.2) is 26.1 Å². The minimum atomic E-state index is -0.422. The second kappa shape index (κ2) is 8.28. The highest BCUT2D eigenvalue weighted by atomic mass is 35.5. The summed E-state index contributed by atoms with van der Waals surface area (Å²) in [6.45, 7) is -0.0982. The summed E-state index contributed by atoms with van der Waals surface area (Å²) >= 11 is 7.31. The maximum Gasteiger partial charge on any atom is 0.312 e. The zero-order chi connectivity index (χ0) is 19.3. The van der Waals surface area contributed by atoms with Crippen LogP contribution >= 0.6 is 22.9 Å². The van der Waals surface area contributed by atoms with Crippen molar-refractivity contribution in [1.82, 2.24) is 20.2 Å². The standard InChI is InChI=1S/C19H13ClN4O3S/c20-14-5-3-12(4-6-14)18-24-23-16(27-18)10-26-17(25)8-15-11-28-19(22-15)13-2-1-7-21-9-13/h1-7,9,11H,8,10H2. The topological polar surface area (TPSA) is 91.0 Å². The zero-order valence-electron chi connectivity index (χ0n) is 14.4. The van der Waals surface area contributed by atoms with Crippen molar-refractivity contribution in [2.45, 2.75) is 13.0 Å². The van der Waals surface area contributed by atoms with E-state index < -0.39 is 5.97 Å². The minimum Gasteiger partial charge on any atom is -0.455 e. The number of ether oxygens (including phenoxy) is 1. The molecular formula is C19H13ClN4O3S. The molecule has 0 saturated heterocycles. The van der Waals surface area contributed by atoms with Gasteiger partial charge in [-0.25, -0.2) is 4.98 Å². The lowest BCUT2D eigenvalue weighted by molar-refractivity contribution is -0.144. The van der Waals surface area contributed by atoms with Crippen molar-refractivity contribution in [2.24, 2.45) is 0 Å². The van der Waals surface area contributed by atoms with E-state index in [1.165, 1.54) is 11.3 Å². The average molecular weight is 413 g/mol. The molecule has 0 radical (unpaired) electrons. The summed E-state index contributed by atoms with van der Waals surface area (Å²) in [5.74, 6) is 0.130. The summed E-state index contributed by atoms with van der Waals surface area (Å²) in [7, 11) is 0. The van der Waals surface area contributed by atoms with Crippen LogP contribution in [0.4, 0.5) is 0 Å². The fourth-order valence-electron chi connectivity index (χ4n) is 2.37. The predicted molar refractivity (Wildman–Crippen MR) is 104 cm³/mol. The fourth-order valence-corrected chi connectivity index (χ4v) is 3.31.